The third-order valence-electron chi connectivity index (χ3n) is 2.59. The minimum Gasteiger partial charge on any atom is -0.378 e. The molecule has 1 N–H and O–H groups in total. The fourth-order valence-electron chi connectivity index (χ4n) is 1.77. The zero-order valence-corrected chi connectivity index (χ0v) is 10.1. The summed E-state index contributed by atoms with van der Waals surface area (Å²) in [7, 11) is 0. The molecule has 1 aromatic heterocycles. The number of carbonyl (C=O) groups excluding carboxylic acids is 1. The molecule has 1 saturated heterocycles. The normalized spacial score (nSPS) is 19.2. The Labute approximate surface area is 105 Å². The van der Waals surface area contributed by atoms with E-state index in [2.05, 4.69) is 15.3 Å². The first-order chi connectivity index (χ1) is 8.24. The second kappa shape index (κ2) is 5.93. The van der Waals surface area contributed by atoms with Gasteiger partial charge in [-0.25, -0.2) is 4.98 Å². The molecule has 0 saturated carbocycles. The Morgan fingerprint density at radius 1 is 1.59 bits per heavy atom. The lowest BCUT2D eigenvalue weighted by atomic mass is 10.1. The molecule has 0 bridgehead atoms. The zero-order valence-electron chi connectivity index (χ0n) is 9.36. The average molecular weight is 256 g/mol. The number of aromatic nitrogens is 2. The molecule has 1 aliphatic heterocycles. The van der Waals surface area contributed by atoms with Gasteiger partial charge in [0.15, 0.2) is 5.82 Å². The van der Waals surface area contributed by atoms with Crippen LogP contribution in [0.4, 0.5) is 5.82 Å². The lowest BCUT2D eigenvalue weighted by Gasteiger charge is -2.08. The summed E-state index contributed by atoms with van der Waals surface area (Å²) in [5, 5.41) is 2.92. The van der Waals surface area contributed by atoms with Crippen LogP contribution in [0.5, 0.6) is 0 Å². The standard InChI is InChI=1S/C11H14ClN3O2/c12-9-6-13-7-10(14-9)15-11(16)4-3-8-2-1-5-17-8/h6-8H,1-5H2,(H,14,15,16). The van der Waals surface area contributed by atoms with Gasteiger partial charge in [0.05, 0.1) is 18.5 Å². The topological polar surface area (TPSA) is 64.1 Å². The molecule has 1 fully saturated rings. The Kier molecular flexibility index (Phi) is 4.28. The van der Waals surface area contributed by atoms with E-state index in [-0.39, 0.29) is 17.2 Å². The van der Waals surface area contributed by atoms with Gasteiger partial charge in [-0.1, -0.05) is 11.6 Å². The molecule has 2 rings (SSSR count). The summed E-state index contributed by atoms with van der Waals surface area (Å²) in [6.07, 6.45) is 6.43. The minimum absolute atomic E-state index is 0.0860. The van der Waals surface area contributed by atoms with E-state index < -0.39 is 0 Å². The zero-order chi connectivity index (χ0) is 12.1. The Morgan fingerprint density at radius 3 is 3.18 bits per heavy atom. The average Bonchev–Trinajstić information content (AvgIpc) is 2.79. The number of amides is 1. The fraction of sp³-hybridized carbons (Fsp3) is 0.545. The summed E-state index contributed by atoms with van der Waals surface area (Å²) in [5.74, 6) is 0.298. The van der Waals surface area contributed by atoms with Crippen LogP contribution < -0.4 is 5.32 Å². The molecule has 5 nitrogen and oxygen atoms in total. The largest absolute Gasteiger partial charge is 0.378 e. The van der Waals surface area contributed by atoms with Crippen LogP contribution in [-0.2, 0) is 9.53 Å². The predicted octanol–water partition coefficient (Wildman–Crippen LogP) is 2.03. The fourth-order valence-corrected chi connectivity index (χ4v) is 1.92. The van der Waals surface area contributed by atoms with Crippen molar-refractivity contribution in [2.24, 2.45) is 0 Å². The van der Waals surface area contributed by atoms with Crippen molar-refractivity contribution < 1.29 is 9.53 Å². The number of ether oxygens (including phenoxy) is 1. The van der Waals surface area contributed by atoms with E-state index in [1.54, 1.807) is 0 Å². The molecular weight excluding hydrogens is 242 g/mol. The van der Waals surface area contributed by atoms with E-state index in [0.717, 1.165) is 25.9 Å². The van der Waals surface area contributed by atoms with Gasteiger partial charge in [-0.05, 0) is 19.3 Å². The van der Waals surface area contributed by atoms with Crippen LogP contribution in [0.1, 0.15) is 25.7 Å². The van der Waals surface area contributed by atoms with Crippen LogP contribution in [0.2, 0.25) is 5.15 Å². The number of anilines is 1. The van der Waals surface area contributed by atoms with E-state index >= 15 is 0 Å². The monoisotopic (exact) mass is 255 g/mol. The lowest BCUT2D eigenvalue weighted by molar-refractivity contribution is -0.116. The van der Waals surface area contributed by atoms with Crippen molar-refractivity contribution in [3.63, 3.8) is 0 Å². The van der Waals surface area contributed by atoms with Gasteiger partial charge in [0, 0.05) is 13.0 Å². The van der Waals surface area contributed by atoms with Crippen LogP contribution in [-0.4, -0.2) is 28.6 Å². The van der Waals surface area contributed by atoms with E-state index in [0.29, 0.717) is 12.2 Å². The third kappa shape index (κ3) is 3.94. The highest BCUT2D eigenvalue weighted by Crippen LogP contribution is 2.17. The van der Waals surface area contributed by atoms with E-state index in [1.807, 2.05) is 0 Å². The molecule has 0 aromatic carbocycles. The van der Waals surface area contributed by atoms with Crippen LogP contribution >= 0.6 is 11.6 Å². The van der Waals surface area contributed by atoms with Gasteiger partial charge in [-0.2, -0.15) is 0 Å². The summed E-state index contributed by atoms with van der Waals surface area (Å²) >= 11 is 5.66. The molecular formula is C11H14ClN3O2. The van der Waals surface area contributed by atoms with Crippen LogP contribution in [0.15, 0.2) is 12.4 Å². The maximum Gasteiger partial charge on any atom is 0.225 e. The quantitative estimate of drug-likeness (QED) is 0.894. The summed E-state index contributed by atoms with van der Waals surface area (Å²) in [4.78, 5) is 19.4. The van der Waals surface area contributed by atoms with Crippen molar-refractivity contribution in [1.82, 2.24) is 9.97 Å². The Morgan fingerprint density at radius 2 is 2.47 bits per heavy atom. The Bertz CT molecular complexity index is 394. The van der Waals surface area contributed by atoms with Crippen LogP contribution in [0.3, 0.4) is 0 Å². The second-order valence-electron chi connectivity index (χ2n) is 3.95. The highest BCUT2D eigenvalue weighted by molar-refractivity contribution is 6.29. The molecule has 6 heteroatoms. The number of nitrogens with zero attached hydrogens (tertiary/aromatic N) is 2. The van der Waals surface area contributed by atoms with Gasteiger partial charge in [0.2, 0.25) is 5.91 Å². The van der Waals surface area contributed by atoms with Gasteiger partial charge < -0.3 is 10.1 Å². The van der Waals surface area contributed by atoms with Crippen molar-refractivity contribution in [2.45, 2.75) is 31.8 Å². The molecule has 1 aliphatic rings. The van der Waals surface area contributed by atoms with Crippen molar-refractivity contribution in [1.29, 1.82) is 0 Å². The highest BCUT2D eigenvalue weighted by atomic mass is 35.5. The minimum atomic E-state index is -0.0860. The second-order valence-corrected chi connectivity index (χ2v) is 4.34. The first-order valence-electron chi connectivity index (χ1n) is 5.63. The number of halogens is 1. The van der Waals surface area contributed by atoms with Crippen LogP contribution in [0.25, 0.3) is 0 Å². The van der Waals surface area contributed by atoms with E-state index in [1.165, 1.54) is 12.4 Å². The number of nitrogens with one attached hydrogen (secondary N) is 1. The van der Waals surface area contributed by atoms with E-state index in [9.17, 15) is 4.79 Å². The Balaban J connectivity index is 1.76. The molecule has 92 valence electrons. The molecule has 0 aliphatic carbocycles. The van der Waals surface area contributed by atoms with Gasteiger partial charge in [0.25, 0.3) is 0 Å². The lowest BCUT2D eigenvalue weighted by Crippen LogP contribution is -2.16. The number of rotatable bonds is 4. The summed E-state index contributed by atoms with van der Waals surface area (Å²) < 4.78 is 5.44. The molecule has 1 aromatic rings. The summed E-state index contributed by atoms with van der Waals surface area (Å²) in [5.41, 5.74) is 0. The third-order valence-corrected chi connectivity index (χ3v) is 2.77. The van der Waals surface area contributed by atoms with Crippen LogP contribution in [0, 0.1) is 0 Å². The smallest absolute Gasteiger partial charge is 0.225 e. The van der Waals surface area contributed by atoms with Gasteiger partial charge in [-0.3, -0.25) is 9.78 Å². The van der Waals surface area contributed by atoms with Gasteiger partial charge in [-0.15, -0.1) is 0 Å². The SMILES string of the molecule is O=C(CCC1CCCO1)Nc1cncc(Cl)n1. The highest BCUT2D eigenvalue weighted by Gasteiger charge is 2.16. The Hall–Kier alpha value is -1.20. The summed E-state index contributed by atoms with van der Waals surface area (Å²) in [6.45, 7) is 0.812. The maximum atomic E-state index is 11.6. The van der Waals surface area contributed by atoms with Gasteiger partial charge in [0.1, 0.15) is 5.15 Å². The van der Waals surface area contributed by atoms with Gasteiger partial charge >= 0.3 is 0 Å². The number of hydrogen-bond donors (Lipinski definition) is 1. The molecule has 0 spiro atoms. The number of carbonyl (C=O) groups is 1. The molecule has 1 unspecified atom stereocenters. The maximum absolute atomic E-state index is 11.6. The van der Waals surface area contributed by atoms with E-state index in [4.69, 9.17) is 16.3 Å². The molecule has 1 amide bonds. The number of hydrogen-bond acceptors (Lipinski definition) is 4. The first kappa shape index (κ1) is 12.3. The first-order valence-corrected chi connectivity index (χ1v) is 6.01. The molecule has 0 radical (unpaired) electrons. The van der Waals surface area contributed by atoms with Crippen molar-refractivity contribution in [3.05, 3.63) is 17.5 Å². The van der Waals surface area contributed by atoms with Crippen molar-refractivity contribution >= 4 is 23.3 Å². The summed E-state index contributed by atoms with van der Waals surface area (Å²) in [6, 6.07) is 0. The predicted molar refractivity (Wildman–Crippen MR) is 63.9 cm³/mol. The molecule has 1 atom stereocenters. The van der Waals surface area contributed by atoms with Crippen molar-refractivity contribution in [3.8, 4) is 0 Å². The molecule has 2 heterocycles. The molecule has 17 heavy (non-hydrogen) atoms. The van der Waals surface area contributed by atoms with Crippen molar-refractivity contribution in [2.75, 3.05) is 11.9 Å².